The average molecular weight is 169 g/mol. The van der Waals surface area contributed by atoms with E-state index in [4.69, 9.17) is 4.74 Å². The van der Waals surface area contributed by atoms with Crippen LogP contribution in [0.5, 0.6) is 0 Å². The van der Waals surface area contributed by atoms with Crippen molar-refractivity contribution >= 4 is 5.82 Å². The van der Waals surface area contributed by atoms with E-state index in [0.29, 0.717) is 0 Å². The lowest BCUT2D eigenvalue weighted by Gasteiger charge is -2.14. The van der Waals surface area contributed by atoms with E-state index < -0.39 is 0 Å². The Bertz CT molecular complexity index is 234. The third kappa shape index (κ3) is 2.23. The maximum absolute atomic E-state index is 4.96. The molecule has 0 bridgehead atoms. The first-order chi connectivity index (χ1) is 5.74. The summed E-state index contributed by atoms with van der Waals surface area (Å²) in [7, 11) is 5.61. The molecule has 0 unspecified atom stereocenters. The molecule has 0 amide bonds. The SMILES string of the molecule is COCCN(C)c1ccn(C)n1. The van der Waals surface area contributed by atoms with Crippen LogP contribution in [0.3, 0.4) is 0 Å². The van der Waals surface area contributed by atoms with Gasteiger partial charge in [-0.2, -0.15) is 5.10 Å². The lowest BCUT2D eigenvalue weighted by atomic mass is 10.5. The molecule has 0 atom stereocenters. The minimum atomic E-state index is 0.729. The molecule has 0 saturated carbocycles. The molecule has 0 saturated heterocycles. The molecule has 1 heterocycles. The smallest absolute Gasteiger partial charge is 0.150 e. The Balaban J connectivity index is 2.47. The molecule has 0 aromatic carbocycles. The Labute approximate surface area is 72.7 Å². The first kappa shape index (κ1) is 9.06. The van der Waals surface area contributed by atoms with E-state index in [9.17, 15) is 0 Å². The molecule has 68 valence electrons. The molecular formula is C8H15N3O. The maximum Gasteiger partial charge on any atom is 0.150 e. The van der Waals surface area contributed by atoms with Crippen LogP contribution in [0.2, 0.25) is 0 Å². The molecule has 0 radical (unpaired) electrons. The van der Waals surface area contributed by atoms with Gasteiger partial charge in [-0.25, -0.2) is 0 Å². The van der Waals surface area contributed by atoms with E-state index in [0.717, 1.165) is 19.0 Å². The number of aromatic nitrogens is 2. The molecule has 1 aromatic rings. The molecule has 0 aliphatic rings. The topological polar surface area (TPSA) is 30.3 Å². The van der Waals surface area contributed by atoms with Gasteiger partial charge in [0.1, 0.15) is 5.82 Å². The zero-order valence-electron chi connectivity index (χ0n) is 7.82. The second-order valence-electron chi connectivity index (χ2n) is 2.76. The van der Waals surface area contributed by atoms with E-state index in [-0.39, 0.29) is 0 Å². The van der Waals surface area contributed by atoms with Crippen molar-refractivity contribution in [1.29, 1.82) is 0 Å². The van der Waals surface area contributed by atoms with Crippen LogP contribution in [0.15, 0.2) is 12.3 Å². The Hall–Kier alpha value is -1.03. The highest BCUT2D eigenvalue weighted by Crippen LogP contribution is 2.06. The Morgan fingerprint density at radius 2 is 2.42 bits per heavy atom. The molecule has 1 rings (SSSR count). The largest absolute Gasteiger partial charge is 0.383 e. The summed E-state index contributed by atoms with van der Waals surface area (Å²) < 4.78 is 6.75. The molecule has 0 aliphatic heterocycles. The van der Waals surface area contributed by atoms with Gasteiger partial charge in [0.25, 0.3) is 0 Å². The number of ether oxygens (including phenoxy) is 1. The van der Waals surface area contributed by atoms with Gasteiger partial charge in [-0.3, -0.25) is 4.68 Å². The quantitative estimate of drug-likeness (QED) is 0.657. The fourth-order valence-corrected chi connectivity index (χ4v) is 0.949. The number of aryl methyl sites for hydroxylation is 1. The van der Waals surface area contributed by atoms with Crippen molar-refractivity contribution in [1.82, 2.24) is 9.78 Å². The van der Waals surface area contributed by atoms with Crippen LogP contribution in [0.4, 0.5) is 5.82 Å². The molecular weight excluding hydrogens is 154 g/mol. The summed E-state index contributed by atoms with van der Waals surface area (Å²) >= 11 is 0. The summed E-state index contributed by atoms with van der Waals surface area (Å²) in [5.41, 5.74) is 0. The number of nitrogens with zero attached hydrogens (tertiary/aromatic N) is 3. The normalized spacial score (nSPS) is 10.2. The summed E-state index contributed by atoms with van der Waals surface area (Å²) in [6.07, 6.45) is 1.93. The highest BCUT2D eigenvalue weighted by molar-refractivity contribution is 5.35. The van der Waals surface area contributed by atoms with E-state index >= 15 is 0 Å². The van der Waals surface area contributed by atoms with Crippen LogP contribution in [0.25, 0.3) is 0 Å². The number of methoxy groups -OCH3 is 1. The van der Waals surface area contributed by atoms with Gasteiger partial charge < -0.3 is 9.64 Å². The Morgan fingerprint density at radius 3 is 2.92 bits per heavy atom. The van der Waals surface area contributed by atoms with Crippen LogP contribution >= 0.6 is 0 Å². The predicted molar refractivity (Wildman–Crippen MR) is 48.4 cm³/mol. The number of likely N-dealkylation sites (N-methyl/N-ethyl adjacent to an activating group) is 1. The lowest BCUT2D eigenvalue weighted by Crippen LogP contribution is -2.22. The minimum Gasteiger partial charge on any atom is -0.383 e. The summed E-state index contributed by atoms with van der Waals surface area (Å²) in [6, 6.07) is 1.98. The van der Waals surface area contributed by atoms with Gasteiger partial charge in [-0.05, 0) is 0 Å². The van der Waals surface area contributed by atoms with Crippen molar-refractivity contribution in [3.05, 3.63) is 12.3 Å². The Morgan fingerprint density at radius 1 is 1.67 bits per heavy atom. The number of anilines is 1. The van der Waals surface area contributed by atoms with Gasteiger partial charge in [0.15, 0.2) is 0 Å². The van der Waals surface area contributed by atoms with Gasteiger partial charge >= 0.3 is 0 Å². The summed E-state index contributed by atoms with van der Waals surface area (Å²) in [6.45, 7) is 1.60. The van der Waals surface area contributed by atoms with E-state index in [1.807, 2.05) is 26.4 Å². The van der Waals surface area contributed by atoms with E-state index in [1.165, 1.54) is 0 Å². The molecule has 12 heavy (non-hydrogen) atoms. The van der Waals surface area contributed by atoms with Crippen molar-refractivity contribution in [3.8, 4) is 0 Å². The van der Waals surface area contributed by atoms with Gasteiger partial charge in [0.2, 0.25) is 0 Å². The standard InChI is InChI=1S/C8H15N3O/c1-10(6-7-12-3)8-4-5-11(2)9-8/h4-5H,6-7H2,1-3H3. The van der Waals surface area contributed by atoms with E-state index in [1.54, 1.807) is 11.8 Å². The predicted octanol–water partition coefficient (Wildman–Crippen LogP) is 0.503. The molecule has 0 aliphatic carbocycles. The Kier molecular flexibility index (Phi) is 3.10. The maximum atomic E-state index is 4.96. The summed E-state index contributed by atoms with van der Waals surface area (Å²) in [5.74, 6) is 0.981. The van der Waals surface area contributed by atoms with Crippen molar-refractivity contribution < 1.29 is 4.74 Å². The first-order valence-corrected chi connectivity index (χ1v) is 3.93. The number of rotatable bonds is 4. The molecule has 4 heteroatoms. The van der Waals surface area contributed by atoms with Crippen LogP contribution in [-0.4, -0.2) is 37.1 Å². The van der Waals surface area contributed by atoms with Crippen molar-refractivity contribution in [2.45, 2.75) is 0 Å². The van der Waals surface area contributed by atoms with Crippen LogP contribution in [0.1, 0.15) is 0 Å². The number of hydrogen-bond acceptors (Lipinski definition) is 3. The number of hydrogen-bond donors (Lipinski definition) is 0. The van der Waals surface area contributed by atoms with Gasteiger partial charge in [-0.15, -0.1) is 0 Å². The third-order valence-corrected chi connectivity index (χ3v) is 1.72. The zero-order chi connectivity index (χ0) is 8.97. The zero-order valence-corrected chi connectivity index (χ0v) is 7.82. The molecule has 1 aromatic heterocycles. The van der Waals surface area contributed by atoms with Crippen LogP contribution in [-0.2, 0) is 11.8 Å². The second kappa shape index (κ2) is 4.11. The van der Waals surface area contributed by atoms with Crippen molar-refractivity contribution in [3.63, 3.8) is 0 Å². The lowest BCUT2D eigenvalue weighted by molar-refractivity contribution is 0.206. The second-order valence-corrected chi connectivity index (χ2v) is 2.76. The van der Waals surface area contributed by atoms with Gasteiger partial charge in [0.05, 0.1) is 6.61 Å². The monoisotopic (exact) mass is 169 g/mol. The average Bonchev–Trinajstić information content (AvgIpc) is 2.47. The fraction of sp³-hybridized carbons (Fsp3) is 0.625. The minimum absolute atomic E-state index is 0.729. The summed E-state index contributed by atoms with van der Waals surface area (Å²) in [5, 5.41) is 4.25. The fourth-order valence-electron chi connectivity index (χ4n) is 0.949. The highest BCUT2D eigenvalue weighted by atomic mass is 16.5. The molecule has 0 fully saturated rings. The third-order valence-electron chi connectivity index (χ3n) is 1.72. The van der Waals surface area contributed by atoms with Gasteiger partial charge in [-0.1, -0.05) is 0 Å². The highest BCUT2D eigenvalue weighted by Gasteiger charge is 2.01. The van der Waals surface area contributed by atoms with Crippen molar-refractivity contribution in [2.75, 3.05) is 32.2 Å². The first-order valence-electron chi connectivity index (χ1n) is 3.93. The summed E-state index contributed by atoms with van der Waals surface area (Å²) in [4.78, 5) is 2.06. The molecule has 0 spiro atoms. The van der Waals surface area contributed by atoms with Crippen LogP contribution < -0.4 is 4.90 Å². The molecule has 4 nitrogen and oxygen atoms in total. The van der Waals surface area contributed by atoms with Crippen molar-refractivity contribution in [2.24, 2.45) is 7.05 Å². The molecule has 0 N–H and O–H groups in total. The van der Waals surface area contributed by atoms with Gasteiger partial charge in [0, 0.05) is 40.0 Å². The van der Waals surface area contributed by atoms with Crippen LogP contribution in [0, 0.1) is 0 Å². The van der Waals surface area contributed by atoms with E-state index in [2.05, 4.69) is 10.00 Å².